The summed E-state index contributed by atoms with van der Waals surface area (Å²) < 4.78 is 0. The Balaban J connectivity index is 1.95. The summed E-state index contributed by atoms with van der Waals surface area (Å²) in [5, 5.41) is 10.7. The van der Waals surface area contributed by atoms with Crippen molar-refractivity contribution in [3.63, 3.8) is 0 Å². The number of fused-ring (bicyclic) bond motifs is 1. The summed E-state index contributed by atoms with van der Waals surface area (Å²) in [7, 11) is 0. The highest BCUT2D eigenvalue weighted by Crippen LogP contribution is 2.25. The van der Waals surface area contributed by atoms with Gasteiger partial charge in [0.25, 0.3) is 5.91 Å². The van der Waals surface area contributed by atoms with E-state index in [1.165, 1.54) is 0 Å². The minimum absolute atomic E-state index is 0.00347. The van der Waals surface area contributed by atoms with Crippen molar-refractivity contribution in [2.75, 3.05) is 6.54 Å². The van der Waals surface area contributed by atoms with Crippen LogP contribution in [0.25, 0.3) is 10.8 Å². The van der Waals surface area contributed by atoms with Gasteiger partial charge in [0.2, 0.25) is 0 Å². The lowest BCUT2D eigenvalue weighted by atomic mass is 10.1. The first-order valence-electron chi connectivity index (χ1n) is 7.03. The molecule has 21 heavy (non-hydrogen) atoms. The number of nitrogens with zero attached hydrogens (tertiary/aromatic N) is 2. The van der Waals surface area contributed by atoms with Crippen LogP contribution in [0.3, 0.4) is 0 Å². The van der Waals surface area contributed by atoms with Gasteiger partial charge in [-0.2, -0.15) is 0 Å². The van der Waals surface area contributed by atoms with Gasteiger partial charge in [0.15, 0.2) is 0 Å². The average molecular weight is 284 g/mol. The fraction of sp³-hybridized carbons (Fsp3) is 0.312. The number of likely N-dealkylation sites (tertiary alicyclic amines) is 1. The lowest BCUT2D eigenvalue weighted by Crippen LogP contribution is -2.37. The van der Waals surface area contributed by atoms with Gasteiger partial charge in [-0.1, -0.05) is 24.3 Å². The largest absolute Gasteiger partial charge is 0.481 e. The van der Waals surface area contributed by atoms with Crippen LogP contribution in [0.1, 0.15) is 29.8 Å². The summed E-state index contributed by atoms with van der Waals surface area (Å²) in [5.41, 5.74) is 0.408. The van der Waals surface area contributed by atoms with E-state index in [1.54, 1.807) is 11.1 Å². The number of hydrogen-bond acceptors (Lipinski definition) is 3. The Morgan fingerprint density at radius 2 is 2.10 bits per heavy atom. The SMILES string of the molecule is O=C(O)CC1CCCN1C(=O)c1nccc2ccccc12. The normalized spacial score (nSPS) is 18.1. The number of carbonyl (C=O) groups is 2. The molecular formula is C16H16N2O3. The van der Waals surface area contributed by atoms with Gasteiger partial charge in [0, 0.05) is 24.2 Å². The van der Waals surface area contributed by atoms with Crippen LogP contribution in [0.4, 0.5) is 0 Å². The van der Waals surface area contributed by atoms with Crippen LogP contribution in [0.2, 0.25) is 0 Å². The number of rotatable bonds is 3. The smallest absolute Gasteiger partial charge is 0.305 e. The van der Waals surface area contributed by atoms with E-state index < -0.39 is 5.97 Å². The molecule has 5 nitrogen and oxygen atoms in total. The molecular weight excluding hydrogens is 268 g/mol. The zero-order chi connectivity index (χ0) is 14.8. The molecule has 3 rings (SSSR count). The molecule has 1 fully saturated rings. The van der Waals surface area contributed by atoms with E-state index in [9.17, 15) is 9.59 Å². The quantitative estimate of drug-likeness (QED) is 0.939. The number of carboxylic acid groups (broad SMARTS) is 1. The highest BCUT2D eigenvalue weighted by molar-refractivity contribution is 6.05. The summed E-state index contributed by atoms with van der Waals surface area (Å²) in [6.45, 7) is 0.599. The van der Waals surface area contributed by atoms with Crippen molar-refractivity contribution >= 4 is 22.6 Å². The second kappa shape index (κ2) is 5.52. The van der Waals surface area contributed by atoms with E-state index in [-0.39, 0.29) is 18.4 Å². The van der Waals surface area contributed by atoms with Crippen molar-refractivity contribution in [2.45, 2.75) is 25.3 Å². The molecule has 0 bridgehead atoms. The van der Waals surface area contributed by atoms with Gasteiger partial charge in [-0.15, -0.1) is 0 Å². The van der Waals surface area contributed by atoms with Gasteiger partial charge in [0.1, 0.15) is 5.69 Å². The number of aliphatic carboxylic acids is 1. The van der Waals surface area contributed by atoms with Gasteiger partial charge in [0.05, 0.1) is 6.42 Å². The first-order valence-corrected chi connectivity index (χ1v) is 7.03. The van der Waals surface area contributed by atoms with Gasteiger partial charge >= 0.3 is 5.97 Å². The zero-order valence-corrected chi connectivity index (χ0v) is 11.5. The number of benzene rings is 1. The van der Waals surface area contributed by atoms with E-state index in [0.717, 1.165) is 23.6 Å². The Hall–Kier alpha value is -2.43. The van der Waals surface area contributed by atoms with Crippen molar-refractivity contribution in [2.24, 2.45) is 0 Å². The number of amides is 1. The van der Waals surface area contributed by atoms with E-state index >= 15 is 0 Å². The molecule has 108 valence electrons. The number of aromatic nitrogens is 1. The Bertz CT molecular complexity index is 693. The second-order valence-electron chi connectivity index (χ2n) is 5.27. The first kappa shape index (κ1) is 13.5. The molecule has 1 aliphatic rings. The fourth-order valence-electron chi connectivity index (χ4n) is 2.94. The number of hydrogen-bond donors (Lipinski definition) is 1. The van der Waals surface area contributed by atoms with Crippen LogP contribution in [0.15, 0.2) is 36.5 Å². The Labute approximate surface area is 122 Å². The van der Waals surface area contributed by atoms with Crippen LogP contribution < -0.4 is 0 Å². The summed E-state index contributed by atoms with van der Waals surface area (Å²) in [5.74, 6) is -1.04. The monoisotopic (exact) mass is 284 g/mol. The molecule has 2 heterocycles. The molecule has 0 saturated carbocycles. The topological polar surface area (TPSA) is 70.5 Å². The molecule has 1 N–H and O–H groups in total. The van der Waals surface area contributed by atoms with Crippen LogP contribution >= 0.6 is 0 Å². The van der Waals surface area contributed by atoms with Gasteiger partial charge in [-0.05, 0) is 24.3 Å². The van der Waals surface area contributed by atoms with Crippen LogP contribution in [-0.2, 0) is 4.79 Å². The van der Waals surface area contributed by atoms with E-state index in [4.69, 9.17) is 5.11 Å². The molecule has 1 aliphatic heterocycles. The van der Waals surface area contributed by atoms with E-state index in [1.807, 2.05) is 30.3 Å². The van der Waals surface area contributed by atoms with Gasteiger partial charge < -0.3 is 10.0 Å². The maximum atomic E-state index is 12.7. The highest BCUT2D eigenvalue weighted by atomic mass is 16.4. The molecule has 5 heteroatoms. The lowest BCUT2D eigenvalue weighted by molar-refractivity contribution is -0.137. The maximum absolute atomic E-state index is 12.7. The van der Waals surface area contributed by atoms with E-state index in [0.29, 0.717) is 12.2 Å². The minimum atomic E-state index is -0.870. The Morgan fingerprint density at radius 3 is 2.90 bits per heavy atom. The Kier molecular flexibility index (Phi) is 3.56. The molecule has 1 saturated heterocycles. The third kappa shape index (κ3) is 2.59. The Morgan fingerprint density at radius 1 is 1.29 bits per heavy atom. The van der Waals surface area contributed by atoms with Gasteiger partial charge in [-0.25, -0.2) is 0 Å². The van der Waals surface area contributed by atoms with Crippen LogP contribution in [0.5, 0.6) is 0 Å². The number of pyridine rings is 1. The molecule has 1 aromatic heterocycles. The number of carbonyl (C=O) groups excluding carboxylic acids is 1. The predicted molar refractivity (Wildman–Crippen MR) is 78.1 cm³/mol. The second-order valence-corrected chi connectivity index (χ2v) is 5.27. The predicted octanol–water partition coefficient (Wildman–Crippen LogP) is 2.31. The molecule has 0 aliphatic carbocycles. The van der Waals surface area contributed by atoms with Gasteiger partial charge in [-0.3, -0.25) is 14.6 Å². The van der Waals surface area contributed by atoms with E-state index in [2.05, 4.69) is 4.98 Å². The molecule has 1 atom stereocenters. The molecule has 2 aromatic rings. The summed E-state index contributed by atoms with van der Waals surface area (Å²) >= 11 is 0. The third-order valence-electron chi connectivity index (χ3n) is 3.92. The first-order chi connectivity index (χ1) is 10.2. The minimum Gasteiger partial charge on any atom is -0.481 e. The average Bonchev–Trinajstić information content (AvgIpc) is 2.93. The van der Waals surface area contributed by atoms with Crippen molar-refractivity contribution in [3.05, 3.63) is 42.2 Å². The maximum Gasteiger partial charge on any atom is 0.305 e. The summed E-state index contributed by atoms with van der Waals surface area (Å²) in [6.07, 6.45) is 3.20. The third-order valence-corrected chi connectivity index (χ3v) is 3.92. The zero-order valence-electron chi connectivity index (χ0n) is 11.5. The summed E-state index contributed by atoms with van der Waals surface area (Å²) in [6, 6.07) is 9.24. The molecule has 1 amide bonds. The van der Waals surface area contributed by atoms with Crippen LogP contribution in [0, 0.1) is 0 Å². The van der Waals surface area contributed by atoms with Crippen LogP contribution in [-0.4, -0.2) is 39.5 Å². The summed E-state index contributed by atoms with van der Waals surface area (Å²) in [4.78, 5) is 29.5. The fourth-order valence-corrected chi connectivity index (χ4v) is 2.94. The van der Waals surface area contributed by atoms with Crippen molar-refractivity contribution in [1.29, 1.82) is 0 Å². The highest BCUT2D eigenvalue weighted by Gasteiger charge is 2.32. The standard InChI is InChI=1S/C16H16N2O3/c19-14(20)10-12-5-3-9-18(12)16(21)15-13-6-2-1-4-11(13)7-8-17-15/h1-2,4,6-8,12H,3,5,9-10H2,(H,19,20). The van der Waals surface area contributed by atoms with Crippen molar-refractivity contribution < 1.29 is 14.7 Å². The van der Waals surface area contributed by atoms with Crippen molar-refractivity contribution in [1.82, 2.24) is 9.88 Å². The van der Waals surface area contributed by atoms with Crippen molar-refractivity contribution in [3.8, 4) is 0 Å². The number of carboxylic acids is 1. The molecule has 0 spiro atoms. The molecule has 1 aromatic carbocycles. The lowest BCUT2D eigenvalue weighted by Gasteiger charge is -2.23. The molecule has 0 radical (unpaired) electrons. The molecule has 1 unspecified atom stereocenters.